The zero-order valence-electron chi connectivity index (χ0n) is 8.78. The molecule has 0 N–H and O–H groups in total. The van der Waals surface area contributed by atoms with Crippen molar-refractivity contribution in [3.63, 3.8) is 0 Å². The molecule has 0 unspecified atom stereocenters. The molecule has 1 aromatic carbocycles. The van der Waals surface area contributed by atoms with Crippen molar-refractivity contribution in [3.05, 3.63) is 34.3 Å². The summed E-state index contributed by atoms with van der Waals surface area (Å²) in [5.74, 6) is 0. The molecular weight excluding hydrogens is 256 g/mol. The maximum Gasteiger partial charge on any atom is 0.0842 e. The molecule has 0 bridgehead atoms. The summed E-state index contributed by atoms with van der Waals surface area (Å²) < 4.78 is 12.2. The molecule has 0 saturated heterocycles. The summed E-state index contributed by atoms with van der Waals surface area (Å²) in [5, 5.41) is 0. The van der Waals surface area contributed by atoms with Crippen molar-refractivity contribution in [2.75, 3.05) is 7.11 Å². The lowest BCUT2D eigenvalue weighted by molar-refractivity contribution is -0.119. The molecule has 2 atom stereocenters. The van der Waals surface area contributed by atoms with Gasteiger partial charge in [0, 0.05) is 11.6 Å². The van der Waals surface area contributed by atoms with Crippen LogP contribution in [0.2, 0.25) is 0 Å². The van der Waals surface area contributed by atoms with Crippen LogP contribution < -0.4 is 0 Å². The van der Waals surface area contributed by atoms with E-state index in [1.807, 2.05) is 18.2 Å². The fraction of sp³-hybridized carbons (Fsp3) is 0.500. The van der Waals surface area contributed by atoms with E-state index in [0.717, 1.165) is 17.3 Å². The number of ether oxygens (including phenoxy) is 2. The minimum Gasteiger partial charge on any atom is -0.379 e. The van der Waals surface area contributed by atoms with Crippen LogP contribution in [-0.4, -0.2) is 19.3 Å². The third kappa shape index (κ3) is 2.60. The van der Waals surface area contributed by atoms with E-state index in [0.29, 0.717) is 12.7 Å². The van der Waals surface area contributed by atoms with E-state index >= 15 is 0 Å². The second-order valence-electron chi connectivity index (χ2n) is 3.79. The molecular formula is C12H15BrO2. The molecule has 0 radical (unpaired) electrons. The molecule has 1 aliphatic carbocycles. The van der Waals surface area contributed by atoms with Crippen LogP contribution >= 0.6 is 15.9 Å². The van der Waals surface area contributed by atoms with Crippen molar-refractivity contribution in [2.45, 2.75) is 31.7 Å². The van der Waals surface area contributed by atoms with Crippen LogP contribution in [-0.2, 0) is 16.1 Å². The zero-order valence-corrected chi connectivity index (χ0v) is 10.4. The maximum atomic E-state index is 5.79. The van der Waals surface area contributed by atoms with Crippen LogP contribution in [0.3, 0.4) is 0 Å². The molecule has 82 valence electrons. The summed E-state index contributed by atoms with van der Waals surface area (Å²) in [6.07, 6.45) is 2.81. The number of methoxy groups -OCH3 is 1. The predicted molar refractivity (Wildman–Crippen MR) is 62.8 cm³/mol. The van der Waals surface area contributed by atoms with Crippen molar-refractivity contribution < 1.29 is 9.47 Å². The Morgan fingerprint density at radius 3 is 2.60 bits per heavy atom. The Hall–Kier alpha value is -0.380. The highest BCUT2D eigenvalue weighted by atomic mass is 79.9. The maximum absolute atomic E-state index is 5.79. The summed E-state index contributed by atoms with van der Waals surface area (Å²) in [4.78, 5) is 0. The van der Waals surface area contributed by atoms with E-state index in [1.165, 1.54) is 5.56 Å². The van der Waals surface area contributed by atoms with Gasteiger partial charge in [0.2, 0.25) is 0 Å². The quantitative estimate of drug-likeness (QED) is 0.837. The molecule has 1 aliphatic rings. The lowest BCUT2D eigenvalue weighted by atomic mass is 9.92. The summed E-state index contributed by atoms with van der Waals surface area (Å²) in [7, 11) is 1.75. The van der Waals surface area contributed by atoms with E-state index in [1.54, 1.807) is 7.11 Å². The highest BCUT2D eigenvalue weighted by Crippen LogP contribution is 2.27. The van der Waals surface area contributed by atoms with Crippen LogP contribution in [0, 0.1) is 0 Å². The van der Waals surface area contributed by atoms with Crippen molar-refractivity contribution in [1.82, 2.24) is 0 Å². The standard InChI is InChI=1S/C12H15BrO2/c1-14-11-6-7-12(11)15-8-9-4-2-3-5-10(9)13/h2-5,11-12H,6-8H2,1H3/t11-,12+/m0/s1. The van der Waals surface area contributed by atoms with Gasteiger partial charge in [0.25, 0.3) is 0 Å². The normalized spacial score (nSPS) is 24.9. The van der Waals surface area contributed by atoms with Crippen molar-refractivity contribution in [1.29, 1.82) is 0 Å². The van der Waals surface area contributed by atoms with E-state index in [9.17, 15) is 0 Å². The van der Waals surface area contributed by atoms with Gasteiger partial charge in [-0.2, -0.15) is 0 Å². The molecule has 0 aliphatic heterocycles. The molecule has 0 amide bonds. The second kappa shape index (κ2) is 5.10. The molecule has 0 spiro atoms. The van der Waals surface area contributed by atoms with E-state index < -0.39 is 0 Å². The van der Waals surface area contributed by atoms with Gasteiger partial charge in [0.1, 0.15) is 0 Å². The summed E-state index contributed by atoms with van der Waals surface area (Å²) in [5.41, 5.74) is 1.19. The van der Waals surface area contributed by atoms with Gasteiger partial charge in [-0.05, 0) is 24.5 Å². The number of halogens is 1. The molecule has 0 aromatic heterocycles. The monoisotopic (exact) mass is 270 g/mol. The fourth-order valence-electron chi connectivity index (χ4n) is 1.71. The van der Waals surface area contributed by atoms with Crippen molar-refractivity contribution >= 4 is 15.9 Å². The van der Waals surface area contributed by atoms with E-state index in [2.05, 4.69) is 22.0 Å². The topological polar surface area (TPSA) is 18.5 Å². The van der Waals surface area contributed by atoms with Crippen LogP contribution in [0.1, 0.15) is 18.4 Å². The molecule has 0 heterocycles. The fourth-order valence-corrected chi connectivity index (χ4v) is 2.11. The van der Waals surface area contributed by atoms with Gasteiger partial charge in [0.15, 0.2) is 0 Å². The average molecular weight is 271 g/mol. The highest BCUT2D eigenvalue weighted by molar-refractivity contribution is 9.10. The first-order chi connectivity index (χ1) is 7.31. The zero-order chi connectivity index (χ0) is 10.7. The number of hydrogen-bond acceptors (Lipinski definition) is 2. The molecule has 1 aromatic rings. The first kappa shape index (κ1) is 11.1. The van der Waals surface area contributed by atoms with Gasteiger partial charge in [-0.3, -0.25) is 0 Å². The number of rotatable bonds is 4. The lowest BCUT2D eigenvalue weighted by Crippen LogP contribution is -2.40. The predicted octanol–water partition coefficient (Wildman–Crippen LogP) is 3.14. The van der Waals surface area contributed by atoms with Crippen molar-refractivity contribution in [2.24, 2.45) is 0 Å². The van der Waals surface area contributed by atoms with Gasteiger partial charge in [-0.15, -0.1) is 0 Å². The van der Waals surface area contributed by atoms with E-state index in [-0.39, 0.29) is 6.10 Å². The van der Waals surface area contributed by atoms with Crippen LogP contribution in [0.15, 0.2) is 28.7 Å². The number of benzene rings is 1. The van der Waals surface area contributed by atoms with E-state index in [4.69, 9.17) is 9.47 Å². The first-order valence-electron chi connectivity index (χ1n) is 5.19. The Balaban J connectivity index is 1.86. The van der Waals surface area contributed by atoms with Gasteiger partial charge in [-0.25, -0.2) is 0 Å². The molecule has 1 saturated carbocycles. The molecule has 1 fully saturated rings. The molecule has 2 nitrogen and oxygen atoms in total. The average Bonchev–Trinajstić information content (AvgIpc) is 2.20. The largest absolute Gasteiger partial charge is 0.379 e. The molecule has 15 heavy (non-hydrogen) atoms. The summed E-state index contributed by atoms with van der Waals surface area (Å²) in [6.45, 7) is 0.659. The Bertz CT molecular complexity index is 325. The Morgan fingerprint density at radius 1 is 1.27 bits per heavy atom. The SMILES string of the molecule is CO[C@H]1CC[C@H]1OCc1ccccc1Br. The lowest BCUT2D eigenvalue weighted by Gasteiger charge is -2.35. The summed E-state index contributed by atoms with van der Waals surface area (Å²) >= 11 is 3.51. The molecule has 2 rings (SSSR count). The van der Waals surface area contributed by atoms with Crippen molar-refractivity contribution in [3.8, 4) is 0 Å². The Labute approximate surface area is 98.7 Å². The summed E-state index contributed by atoms with van der Waals surface area (Å²) in [6, 6.07) is 8.14. The third-order valence-electron chi connectivity index (χ3n) is 2.86. The Morgan fingerprint density at radius 2 is 2.00 bits per heavy atom. The van der Waals surface area contributed by atoms with Crippen LogP contribution in [0.5, 0.6) is 0 Å². The minimum absolute atomic E-state index is 0.280. The molecule has 3 heteroatoms. The van der Waals surface area contributed by atoms with Gasteiger partial charge < -0.3 is 9.47 Å². The smallest absolute Gasteiger partial charge is 0.0842 e. The third-order valence-corrected chi connectivity index (χ3v) is 3.64. The van der Waals surface area contributed by atoms with Gasteiger partial charge >= 0.3 is 0 Å². The highest BCUT2D eigenvalue weighted by Gasteiger charge is 2.31. The second-order valence-corrected chi connectivity index (χ2v) is 4.65. The van der Waals surface area contributed by atoms with Crippen LogP contribution in [0.25, 0.3) is 0 Å². The Kier molecular flexibility index (Phi) is 3.78. The van der Waals surface area contributed by atoms with Gasteiger partial charge in [-0.1, -0.05) is 34.1 Å². The first-order valence-corrected chi connectivity index (χ1v) is 5.98. The van der Waals surface area contributed by atoms with Gasteiger partial charge in [0.05, 0.1) is 18.8 Å². The number of hydrogen-bond donors (Lipinski definition) is 0. The van der Waals surface area contributed by atoms with Crippen LogP contribution in [0.4, 0.5) is 0 Å². The minimum atomic E-state index is 0.280.